The van der Waals surface area contributed by atoms with Crippen molar-refractivity contribution in [1.29, 1.82) is 0 Å². The molecule has 0 saturated heterocycles. The molecule has 0 amide bonds. The van der Waals surface area contributed by atoms with Gasteiger partial charge in [0, 0.05) is 47.4 Å². The van der Waals surface area contributed by atoms with Crippen LogP contribution in [0.3, 0.4) is 0 Å². The van der Waals surface area contributed by atoms with Crippen LogP contribution in [0.15, 0.2) is 0 Å². The van der Waals surface area contributed by atoms with Gasteiger partial charge in [0.1, 0.15) is 0 Å². The standard InChI is InChI=1S/4C8H16O2.Ti/c4*1-2-3-4-5-6-7-8(9)10;/h4*2-7H2,1H3,(H,9,10);. The van der Waals surface area contributed by atoms with Gasteiger partial charge in [0.25, 0.3) is 0 Å². The van der Waals surface area contributed by atoms with Crippen molar-refractivity contribution in [3.8, 4) is 0 Å². The molecule has 8 nitrogen and oxygen atoms in total. The van der Waals surface area contributed by atoms with Crippen molar-refractivity contribution in [2.45, 2.75) is 182 Å². The van der Waals surface area contributed by atoms with E-state index in [0.29, 0.717) is 25.7 Å². The van der Waals surface area contributed by atoms with E-state index >= 15 is 0 Å². The molecule has 0 spiro atoms. The Labute approximate surface area is 266 Å². The van der Waals surface area contributed by atoms with E-state index in [4.69, 9.17) is 20.4 Å². The third-order valence-electron chi connectivity index (χ3n) is 5.98. The summed E-state index contributed by atoms with van der Waals surface area (Å²) in [6, 6.07) is 0. The molecule has 0 aromatic heterocycles. The van der Waals surface area contributed by atoms with Crippen LogP contribution in [0, 0.1) is 0 Å². The van der Waals surface area contributed by atoms with Crippen molar-refractivity contribution in [2.24, 2.45) is 0 Å². The number of carboxylic acids is 4. The molecule has 0 fully saturated rings. The number of carboxylic acid groups (broad SMARTS) is 4. The molecule has 0 bridgehead atoms. The topological polar surface area (TPSA) is 149 Å². The molecule has 0 aliphatic rings. The fraction of sp³-hybridized carbons (Fsp3) is 0.875. The molecule has 0 saturated carbocycles. The normalized spacial score (nSPS) is 9.46. The molecule has 4 N–H and O–H groups in total. The molecule has 9 heteroatoms. The second-order valence-corrected chi connectivity index (χ2v) is 10.2. The van der Waals surface area contributed by atoms with Gasteiger partial charge >= 0.3 is 23.9 Å². The van der Waals surface area contributed by atoms with Gasteiger partial charge in [0.05, 0.1) is 0 Å². The molecular formula is C32H64O8Ti. The fourth-order valence-electron chi connectivity index (χ4n) is 3.52. The van der Waals surface area contributed by atoms with E-state index in [0.717, 1.165) is 51.4 Å². The summed E-state index contributed by atoms with van der Waals surface area (Å²) in [5.41, 5.74) is 0. The van der Waals surface area contributed by atoms with Gasteiger partial charge in [-0.05, 0) is 25.7 Å². The van der Waals surface area contributed by atoms with Crippen LogP contribution in [-0.4, -0.2) is 44.3 Å². The molecule has 41 heavy (non-hydrogen) atoms. The van der Waals surface area contributed by atoms with Gasteiger partial charge in [0.2, 0.25) is 0 Å². The largest absolute Gasteiger partial charge is 0.481 e. The Morgan fingerprint density at radius 1 is 0.317 bits per heavy atom. The maximum atomic E-state index is 10.0. The molecule has 0 aliphatic heterocycles. The summed E-state index contributed by atoms with van der Waals surface area (Å²) in [6.07, 6.45) is 23.5. The molecule has 0 aliphatic carbocycles. The summed E-state index contributed by atoms with van der Waals surface area (Å²) in [6.45, 7) is 8.60. The van der Waals surface area contributed by atoms with Crippen molar-refractivity contribution in [3.63, 3.8) is 0 Å². The zero-order valence-corrected chi connectivity index (χ0v) is 28.5. The fourth-order valence-corrected chi connectivity index (χ4v) is 3.52. The smallest absolute Gasteiger partial charge is 0.303 e. The van der Waals surface area contributed by atoms with Crippen molar-refractivity contribution < 1.29 is 61.3 Å². The number of hydrogen-bond acceptors (Lipinski definition) is 4. The Morgan fingerprint density at radius 2 is 0.463 bits per heavy atom. The van der Waals surface area contributed by atoms with Gasteiger partial charge in [-0.3, -0.25) is 19.2 Å². The second-order valence-electron chi connectivity index (χ2n) is 10.2. The minimum atomic E-state index is -0.670. The molecular weight excluding hydrogens is 560 g/mol. The second kappa shape index (κ2) is 45.6. The van der Waals surface area contributed by atoms with Crippen LogP contribution in [0.2, 0.25) is 0 Å². The van der Waals surface area contributed by atoms with Crippen LogP contribution in [0.5, 0.6) is 0 Å². The summed E-state index contributed by atoms with van der Waals surface area (Å²) < 4.78 is 0. The predicted octanol–water partition coefficient (Wildman–Crippen LogP) is 9.72. The Bertz CT molecular complexity index is 460. The minimum absolute atomic E-state index is 0. The van der Waals surface area contributed by atoms with E-state index in [1.54, 1.807) is 0 Å². The summed E-state index contributed by atoms with van der Waals surface area (Å²) in [5, 5.41) is 33.1. The number of unbranched alkanes of at least 4 members (excludes halogenated alkanes) is 16. The van der Waals surface area contributed by atoms with Crippen LogP contribution in [0.4, 0.5) is 0 Å². The van der Waals surface area contributed by atoms with E-state index in [9.17, 15) is 19.2 Å². The first-order chi connectivity index (χ1) is 19.1. The Morgan fingerprint density at radius 3 is 0.585 bits per heavy atom. The van der Waals surface area contributed by atoms with Crippen LogP contribution in [0.1, 0.15) is 182 Å². The summed E-state index contributed by atoms with van der Waals surface area (Å²) >= 11 is 0. The first-order valence-corrected chi connectivity index (χ1v) is 16.0. The Hall–Kier alpha value is -1.41. The SMILES string of the molecule is CCCCCCCC(=O)O.CCCCCCCC(=O)O.CCCCCCCC(=O)O.CCCCCCCC(=O)O.[Ti]. The van der Waals surface area contributed by atoms with Crippen molar-refractivity contribution in [3.05, 3.63) is 0 Å². The number of carbonyl (C=O) groups is 4. The molecule has 0 heterocycles. The van der Waals surface area contributed by atoms with Crippen molar-refractivity contribution >= 4 is 23.9 Å². The van der Waals surface area contributed by atoms with Gasteiger partial charge in [0.15, 0.2) is 0 Å². The maximum absolute atomic E-state index is 10.0. The molecule has 0 atom stereocenters. The first kappa shape index (κ1) is 49.3. The molecule has 0 aromatic rings. The quantitative estimate of drug-likeness (QED) is 0.0612. The van der Waals surface area contributed by atoms with Gasteiger partial charge in [-0.2, -0.15) is 0 Å². The van der Waals surface area contributed by atoms with Crippen LogP contribution in [0.25, 0.3) is 0 Å². The number of hydrogen-bond donors (Lipinski definition) is 4. The molecule has 0 aromatic carbocycles. The van der Waals surface area contributed by atoms with E-state index in [1.165, 1.54) is 77.0 Å². The molecule has 244 valence electrons. The van der Waals surface area contributed by atoms with E-state index in [-0.39, 0.29) is 21.7 Å². The van der Waals surface area contributed by atoms with Gasteiger partial charge in [-0.1, -0.05) is 130 Å². The number of rotatable bonds is 24. The van der Waals surface area contributed by atoms with Crippen molar-refractivity contribution in [1.82, 2.24) is 0 Å². The summed E-state index contributed by atoms with van der Waals surface area (Å²) in [4.78, 5) is 40.1. The van der Waals surface area contributed by atoms with E-state index in [2.05, 4.69) is 27.7 Å². The molecule has 0 rings (SSSR count). The molecule has 0 radical (unpaired) electrons. The predicted molar refractivity (Wildman–Crippen MR) is 164 cm³/mol. The van der Waals surface area contributed by atoms with Gasteiger partial charge in [-0.15, -0.1) is 0 Å². The zero-order valence-electron chi connectivity index (χ0n) is 26.9. The zero-order chi connectivity index (χ0) is 31.3. The minimum Gasteiger partial charge on any atom is -0.481 e. The number of aliphatic carboxylic acids is 4. The molecule has 0 unspecified atom stereocenters. The van der Waals surface area contributed by atoms with Crippen LogP contribution in [-0.2, 0) is 40.9 Å². The van der Waals surface area contributed by atoms with Gasteiger partial charge < -0.3 is 20.4 Å². The summed E-state index contributed by atoms with van der Waals surface area (Å²) in [7, 11) is 0. The maximum Gasteiger partial charge on any atom is 0.303 e. The monoisotopic (exact) mass is 624 g/mol. The van der Waals surface area contributed by atoms with E-state index < -0.39 is 23.9 Å². The van der Waals surface area contributed by atoms with Gasteiger partial charge in [-0.25, -0.2) is 0 Å². The van der Waals surface area contributed by atoms with E-state index in [1.807, 2.05) is 0 Å². The average Bonchev–Trinajstić information content (AvgIpc) is 2.89. The average molecular weight is 625 g/mol. The third kappa shape index (κ3) is 73.1. The third-order valence-corrected chi connectivity index (χ3v) is 5.98. The first-order valence-electron chi connectivity index (χ1n) is 16.0. The Kier molecular flexibility index (Phi) is 54.8. The van der Waals surface area contributed by atoms with Crippen molar-refractivity contribution in [2.75, 3.05) is 0 Å². The summed E-state index contributed by atoms with van der Waals surface area (Å²) in [5.74, 6) is -2.68. The van der Waals surface area contributed by atoms with Crippen LogP contribution < -0.4 is 0 Å². The van der Waals surface area contributed by atoms with Crippen LogP contribution >= 0.6 is 0 Å². The Balaban J connectivity index is -0.000000139.